The molecule has 0 atom stereocenters. The molecule has 0 aromatic heterocycles. The van der Waals surface area contributed by atoms with E-state index in [1.807, 2.05) is 0 Å². The number of hydrogen-bond donors (Lipinski definition) is 0. The zero-order valence-electron chi connectivity index (χ0n) is 11.1. The molecular formula is C13H13BrO6. The summed E-state index contributed by atoms with van der Waals surface area (Å²) in [5.41, 5.74) is 0. The number of esters is 2. The highest BCUT2D eigenvalue weighted by Crippen LogP contribution is 2.30. The van der Waals surface area contributed by atoms with Gasteiger partial charge >= 0.3 is 11.9 Å². The Labute approximate surface area is 124 Å². The molecule has 0 heterocycles. The third-order valence-electron chi connectivity index (χ3n) is 2.19. The maximum absolute atomic E-state index is 11.6. The number of benzene rings is 1. The summed E-state index contributed by atoms with van der Waals surface area (Å²) in [6.45, 7) is 0. The van der Waals surface area contributed by atoms with Gasteiger partial charge < -0.3 is 18.9 Å². The van der Waals surface area contributed by atoms with E-state index in [1.54, 1.807) is 18.2 Å². The molecule has 1 aromatic carbocycles. The molecule has 108 valence electrons. The molecule has 1 aromatic rings. The van der Waals surface area contributed by atoms with Crippen LogP contribution in [-0.4, -0.2) is 33.3 Å². The van der Waals surface area contributed by atoms with Crippen molar-refractivity contribution in [3.05, 3.63) is 34.5 Å². The van der Waals surface area contributed by atoms with Crippen molar-refractivity contribution in [2.75, 3.05) is 21.3 Å². The first kappa shape index (κ1) is 16.0. The Morgan fingerprint density at radius 3 is 2.40 bits per heavy atom. The number of hydrogen-bond acceptors (Lipinski definition) is 6. The zero-order valence-corrected chi connectivity index (χ0v) is 12.7. The van der Waals surface area contributed by atoms with Crippen molar-refractivity contribution in [1.29, 1.82) is 0 Å². The molecule has 7 heteroatoms. The highest BCUT2D eigenvalue weighted by molar-refractivity contribution is 9.10. The second-order valence-electron chi connectivity index (χ2n) is 3.42. The highest BCUT2D eigenvalue weighted by atomic mass is 79.9. The van der Waals surface area contributed by atoms with Gasteiger partial charge in [0, 0.05) is 6.07 Å². The van der Waals surface area contributed by atoms with Crippen LogP contribution in [0, 0.1) is 0 Å². The molecule has 0 unspecified atom stereocenters. The fourth-order valence-electron chi connectivity index (χ4n) is 1.20. The monoisotopic (exact) mass is 344 g/mol. The van der Waals surface area contributed by atoms with Crippen LogP contribution in [0.5, 0.6) is 11.5 Å². The van der Waals surface area contributed by atoms with E-state index in [0.717, 1.165) is 6.08 Å². The van der Waals surface area contributed by atoms with Gasteiger partial charge in [-0.25, -0.2) is 9.59 Å². The summed E-state index contributed by atoms with van der Waals surface area (Å²) in [6, 6.07) is 4.94. The summed E-state index contributed by atoms with van der Waals surface area (Å²) >= 11 is 3.27. The first-order valence-corrected chi connectivity index (χ1v) is 6.20. The third kappa shape index (κ3) is 4.27. The molecular weight excluding hydrogens is 332 g/mol. The predicted octanol–water partition coefficient (Wildman–Crippen LogP) is 2.07. The average Bonchev–Trinajstić information content (AvgIpc) is 2.47. The standard InChI is InChI=1S/C13H13BrO6/c1-17-8-4-5-9(14)10(6-8)20-11(13(16)19-3)7-12(15)18-2/h4-7H,1-3H3. The van der Waals surface area contributed by atoms with Gasteiger partial charge in [0.2, 0.25) is 5.76 Å². The molecule has 6 nitrogen and oxygen atoms in total. The Kier molecular flexibility index (Phi) is 6.05. The Hall–Kier alpha value is -2.02. The molecule has 0 aliphatic rings. The van der Waals surface area contributed by atoms with Gasteiger partial charge in [-0.3, -0.25) is 0 Å². The molecule has 0 spiro atoms. The van der Waals surface area contributed by atoms with Gasteiger partial charge in [-0.2, -0.15) is 0 Å². The summed E-state index contributed by atoms with van der Waals surface area (Å²) in [7, 11) is 3.87. The van der Waals surface area contributed by atoms with E-state index in [4.69, 9.17) is 9.47 Å². The molecule has 0 saturated heterocycles. The zero-order chi connectivity index (χ0) is 15.1. The lowest BCUT2D eigenvalue weighted by atomic mass is 10.3. The van der Waals surface area contributed by atoms with Gasteiger partial charge in [0.15, 0.2) is 0 Å². The minimum atomic E-state index is -0.801. The minimum Gasteiger partial charge on any atom is -0.497 e. The molecule has 0 radical (unpaired) electrons. The molecule has 0 saturated carbocycles. The molecule has 0 aliphatic heterocycles. The molecule has 0 aliphatic carbocycles. The lowest BCUT2D eigenvalue weighted by Gasteiger charge is -2.10. The van der Waals surface area contributed by atoms with Crippen LogP contribution in [0.4, 0.5) is 0 Å². The van der Waals surface area contributed by atoms with Crippen LogP contribution in [0.1, 0.15) is 0 Å². The Bertz CT molecular complexity index is 538. The summed E-state index contributed by atoms with van der Waals surface area (Å²) < 4.78 is 20.0. The third-order valence-corrected chi connectivity index (χ3v) is 2.85. The van der Waals surface area contributed by atoms with Crippen LogP contribution >= 0.6 is 15.9 Å². The first-order chi connectivity index (χ1) is 9.51. The molecule has 1 rings (SSSR count). The van der Waals surface area contributed by atoms with Crippen LogP contribution in [0.25, 0.3) is 0 Å². The number of rotatable bonds is 5. The molecule has 20 heavy (non-hydrogen) atoms. The number of carbonyl (C=O) groups is 2. The van der Waals surface area contributed by atoms with Crippen LogP contribution < -0.4 is 9.47 Å². The average molecular weight is 345 g/mol. The lowest BCUT2D eigenvalue weighted by molar-refractivity contribution is -0.140. The number of halogens is 1. The van der Waals surface area contributed by atoms with Gasteiger partial charge in [0.1, 0.15) is 11.5 Å². The Morgan fingerprint density at radius 1 is 1.15 bits per heavy atom. The van der Waals surface area contributed by atoms with E-state index in [2.05, 4.69) is 25.4 Å². The molecule has 0 fully saturated rings. The summed E-state index contributed by atoms with van der Waals surface area (Å²) in [5, 5.41) is 0. The van der Waals surface area contributed by atoms with Gasteiger partial charge in [-0.05, 0) is 28.1 Å². The van der Waals surface area contributed by atoms with Crippen LogP contribution in [0.3, 0.4) is 0 Å². The van der Waals surface area contributed by atoms with E-state index >= 15 is 0 Å². The maximum Gasteiger partial charge on any atom is 0.374 e. The predicted molar refractivity (Wildman–Crippen MR) is 73.4 cm³/mol. The van der Waals surface area contributed by atoms with E-state index in [-0.39, 0.29) is 5.76 Å². The van der Waals surface area contributed by atoms with Crippen molar-refractivity contribution in [3.8, 4) is 11.5 Å². The summed E-state index contributed by atoms with van der Waals surface area (Å²) in [4.78, 5) is 22.8. The minimum absolute atomic E-state index is 0.296. The number of carbonyl (C=O) groups excluding carboxylic acids is 2. The normalized spacial score (nSPS) is 10.7. The second-order valence-corrected chi connectivity index (χ2v) is 4.28. The largest absolute Gasteiger partial charge is 0.497 e. The van der Waals surface area contributed by atoms with Crippen LogP contribution in [0.15, 0.2) is 34.5 Å². The van der Waals surface area contributed by atoms with Gasteiger partial charge in [-0.1, -0.05) is 0 Å². The maximum atomic E-state index is 11.6. The van der Waals surface area contributed by atoms with Gasteiger partial charge in [0.05, 0.1) is 31.9 Å². The van der Waals surface area contributed by atoms with Gasteiger partial charge in [-0.15, -0.1) is 0 Å². The van der Waals surface area contributed by atoms with Crippen molar-refractivity contribution in [2.45, 2.75) is 0 Å². The van der Waals surface area contributed by atoms with Crippen molar-refractivity contribution in [2.24, 2.45) is 0 Å². The molecule has 0 bridgehead atoms. The van der Waals surface area contributed by atoms with E-state index in [9.17, 15) is 9.59 Å². The molecule has 0 N–H and O–H groups in total. The smallest absolute Gasteiger partial charge is 0.374 e. The van der Waals surface area contributed by atoms with Gasteiger partial charge in [0.25, 0.3) is 0 Å². The fourth-order valence-corrected chi connectivity index (χ4v) is 1.53. The quantitative estimate of drug-likeness (QED) is 0.462. The fraction of sp³-hybridized carbons (Fsp3) is 0.231. The first-order valence-electron chi connectivity index (χ1n) is 5.41. The summed E-state index contributed by atoms with van der Waals surface area (Å²) in [6.07, 6.45) is 0.901. The lowest BCUT2D eigenvalue weighted by Crippen LogP contribution is -2.13. The van der Waals surface area contributed by atoms with Crippen molar-refractivity contribution < 1.29 is 28.5 Å². The van der Waals surface area contributed by atoms with Crippen LogP contribution in [-0.2, 0) is 19.1 Å². The highest BCUT2D eigenvalue weighted by Gasteiger charge is 2.17. The topological polar surface area (TPSA) is 71.1 Å². The Balaban J connectivity index is 3.09. The van der Waals surface area contributed by atoms with E-state index in [1.165, 1.54) is 21.3 Å². The van der Waals surface area contributed by atoms with Crippen molar-refractivity contribution in [3.63, 3.8) is 0 Å². The van der Waals surface area contributed by atoms with E-state index < -0.39 is 11.9 Å². The van der Waals surface area contributed by atoms with E-state index in [0.29, 0.717) is 16.0 Å². The number of methoxy groups -OCH3 is 3. The molecule has 0 amide bonds. The Morgan fingerprint density at radius 2 is 1.85 bits per heavy atom. The van der Waals surface area contributed by atoms with Crippen LogP contribution in [0.2, 0.25) is 0 Å². The number of ether oxygens (including phenoxy) is 4. The van der Waals surface area contributed by atoms with Crippen molar-refractivity contribution >= 4 is 27.9 Å². The summed E-state index contributed by atoms with van der Waals surface area (Å²) in [5.74, 6) is -1.00. The SMILES string of the molecule is COC(=O)C=C(Oc1cc(OC)ccc1Br)C(=O)OC. The van der Waals surface area contributed by atoms with Crippen molar-refractivity contribution in [1.82, 2.24) is 0 Å². The second kappa shape index (κ2) is 7.54.